The molecule has 0 amide bonds. The lowest BCUT2D eigenvalue weighted by molar-refractivity contribution is -0.0877. The number of benzene rings is 1. The summed E-state index contributed by atoms with van der Waals surface area (Å²) in [5.74, 6) is 0.226. The monoisotopic (exact) mass is 336 g/mol. The fourth-order valence-electron chi connectivity index (χ4n) is 1.74. The van der Waals surface area contributed by atoms with Gasteiger partial charge in [0.15, 0.2) is 0 Å². The number of nitriles is 1. The van der Waals surface area contributed by atoms with Crippen LogP contribution in [0.15, 0.2) is 59.2 Å². The predicted molar refractivity (Wildman–Crippen MR) is 86.0 cm³/mol. The number of hydrogen-bond acceptors (Lipinski definition) is 3. The van der Waals surface area contributed by atoms with Crippen molar-refractivity contribution in [3.05, 3.63) is 66.1 Å². The van der Waals surface area contributed by atoms with Crippen molar-refractivity contribution in [1.29, 1.82) is 5.26 Å². The van der Waals surface area contributed by atoms with E-state index in [-0.39, 0.29) is 11.5 Å². The number of allylic oxidation sites excluding steroid dienone is 2. The average molecular weight is 336 g/mol. The van der Waals surface area contributed by atoms with Crippen molar-refractivity contribution in [2.75, 3.05) is 5.32 Å². The second-order valence-electron chi connectivity index (χ2n) is 4.60. The number of nitrogens with zero attached hydrogens (tertiary/aromatic N) is 1. The largest absolute Gasteiger partial charge is 0.463 e. The first-order valence-corrected chi connectivity index (χ1v) is 6.97. The Bertz CT molecular complexity index is 787. The van der Waals surface area contributed by atoms with Gasteiger partial charge >= 0.3 is 6.18 Å². The first-order valence-electron chi connectivity index (χ1n) is 6.39. The van der Waals surface area contributed by atoms with Gasteiger partial charge in [0.2, 0.25) is 0 Å². The Kier molecular flexibility index (Phi) is 4.92. The Morgan fingerprint density at radius 2 is 2.09 bits per heavy atom. The van der Waals surface area contributed by atoms with E-state index in [4.69, 9.17) is 9.68 Å². The maximum Gasteiger partial charge on any atom is 0.415 e. The second-order valence-corrected chi connectivity index (χ2v) is 5.22. The van der Waals surface area contributed by atoms with Crippen molar-refractivity contribution in [2.45, 2.75) is 6.18 Å². The highest BCUT2D eigenvalue weighted by Crippen LogP contribution is 2.29. The highest BCUT2D eigenvalue weighted by Gasteiger charge is 2.31. The Morgan fingerprint density at radius 1 is 1.35 bits per heavy atom. The normalized spacial score (nSPS) is 11.9. The molecule has 3 nitrogen and oxygen atoms in total. The van der Waals surface area contributed by atoms with Gasteiger partial charge in [0.05, 0.1) is 29.2 Å². The van der Waals surface area contributed by atoms with Crippen LogP contribution in [0.25, 0.3) is 5.70 Å². The number of anilines is 1. The number of alkyl halides is 3. The van der Waals surface area contributed by atoms with Gasteiger partial charge < -0.3 is 9.73 Å². The first-order chi connectivity index (χ1) is 10.8. The lowest BCUT2D eigenvalue weighted by Gasteiger charge is -2.12. The van der Waals surface area contributed by atoms with E-state index in [1.807, 2.05) is 6.07 Å². The molecule has 2 rings (SSSR count). The maximum absolute atomic E-state index is 12.7. The molecule has 0 aliphatic rings. The lowest BCUT2D eigenvalue weighted by atomic mass is 10.1. The quantitative estimate of drug-likeness (QED) is 0.672. The van der Waals surface area contributed by atoms with Gasteiger partial charge in [-0.3, -0.25) is 0 Å². The van der Waals surface area contributed by atoms with Crippen LogP contribution in [0.1, 0.15) is 11.3 Å². The molecule has 0 saturated heterocycles. The standard InChI is InChI=1S/C16H12F3N2OP/c1-10(16(17,18)19)7-13(14-3-2-6-22-14)21-12-4-5-15(23)11(8-12)9-20/h2-8,21H,1,23H2/b13-7-. The fourth-order valence-corrected chi connectivity index (χ4v) is 1.99. The summed E-state index contributed by atoms with van der Waals surface area (Å²) in [6, 6.07) is 9.95. The molecule has 0 radical (unpaired) electrons. The molecule has 0 bridgehead atoms. The zero-order valence-electron chi connectivity index (χ0n) is 11.8. The van der Waals surface area contributed by atoms with Gasteiger partial charge in [-0.05, 0) is 35.6 Å². The molecule has 7 heteroatoms. The number of furan rings is 1. The summed E-state index contributed by atoms with van der Waals surface area (Å²) < 4.78 is 43.3. The molecular formula is C16H12F3N2OP. The summed E-state index contributed by atoms with van der Waals surface area (Å²) in [7, 11) is 2.42. The van der Waals surface area contributed by atoms with Gasteiger partial charge in [0.1, 0.15) is 5.76 Å². The molecule has 0 saturated carbocycles. The SMILES string of the molecule is C=C(/C=C(\Nc1ccc(P)c(C#N)c1)c1ccco1)C(F)(F)F. The van der Waals surface area contributed by atoms with Crippen LogP contribution < -0.4 is 10.6 Å². The first kappa shape index (κ1) is 16.9. The third-order valence-electron chi connectivity index (χ3n) is 2.92. The van der Waals surface area contributed by atoms with Crippen molar-refractivity contribution in [1.82, 2.24) is 0 Å². The van der Waals surface area contributed by atoms with Crippen LogP contribution in [-0.4, -0.2) is 6.18 Å². The number of nitrogens with one attached hydrogen (secondary N) is 1. The molecule has 1 atom stereocenters. The molecule has 2 aromatic rings. The van der Waals surface area contributed by atoms with E-state index in [0.717, 1.165) is 6.08 Å². The third kappa shape index (κ3) is 4.24. The van der Waals surface area contributed by atoms with E-state index in [1.165, 1.54) is 18.4 Å². The van der Waals surface area contributed by atoms with E-state index in [0.29, 0.717) is 16.6 Å². The van der Waals surface area contributed by atoms with Crippen molar-refractivity contribution < 1.29 is 17.6 Å². The van der Waals surface area contributed by atoms with Gasteiger partial charge in [-0.15, -0.1) is 9.24 Å². The lowest BCUT2D eigenvalue weighted by Crippen LogP contribution is -2.10. The van der Waals surface area contributed by atoms with E-state index in [9.17, 15) is 13.2 Å². The molecule has 1 heterocycles. The van der Waals surface area contributed by atoms with Gasteiger partial charge in [-0.1, -0.05) is 12.6 Å². The van der Waals surface area contributed by atoms with E-state index in [1.54, 1.807) is 18.2 Å². The van der Waals surface area contributed by atoms with Gasteiger partial charge in [-0.2, -0.15) is 18.4 Å². The van der Waals surface area contributed by atoms with Crippen LogP contribution >= 0.6 is 9.24 Å². The fraction of sp³-hybridized carbons (Fsp3) is 0.0625. The zero-order chi connectivity index (χ0) is 17.0. The average Bonchev–Trinajstić information content (AvgIpc) is 3.01. The van der Waals surface area contributed by atoms with Crippen molar-refractivity contribution >= 4 is 25.9 Å². The Balaban J connectivity index is 2.39. The minimum Gasteiger partial charge on any atom is -0.463 e. The van der Waals surface area contributed by atoms with Crippen LogP contribution in [0.3, 0.4) is 0 Å². The van der Waals surface area contributed by atoms with Crippen LogP contribution in [0.2, 0.25) is 0 Å². The molecule has 0 spiro atoms. The Morgan fingerprint density at radius 3 is 2.65 bits per heavy atom. The van der Waals surface area contributed by atoms with Crippen LogP contribution in [0.4, 0.5) is 18.9 Å². The van der Waals surface area contributed by atoms with Gasteiger partial charge in [-0.25, -0.2) is 0 Å². The topological polar surface area (TPSA) is 49.0 Å². The zero-order valence-corrected chi connectivity index (χ0v) is 13.0. The highest BCUT2D eigenvalue weighted by molar-refractivity contribution is 7.27. The van der Waals surface area contributed by atoms with Crippen molar-refractivity contribution in [3.8, 4) is 6.07 Å². The second kappa shape index (κ2) is 6.72. The van der Waals surface area contributed by atoms with Crippen LogP contribution in [0.5, 0.6) is 0 Å². The summed E-state index contributed by atoms with van der Waals surface area (Å²) in [5, 5.41) is 12.6. The van der Waals surface area contributed by atoms with Gasteiger partial charge in [0, 0.05) is 5.69 Å². The smallest absolute Gasteiger partial charge is 0.415 e. The van der Waals surface area contributed by atoms with Crippen molar-refractivity contribution in [2.24, 2.45) is 0 Å². The maximum atomic E-state index is 12.7. The van der Waals surface area contributed by atoms with E-state index >= 15 is 0 Å². The summed E-state index contributed by atoms with van der Waals surface area (Å²) in [6.07, 6.45) is -2.32. The molecular weight excluding hydrogens is 324 g/mol. The summed E-state index contributed by atoms with van der Waals surface area (Å²) in [4.78, 5) is 0. The van der Waals surface area contributed by atoms with E-state index in [2.05, 4.69) is 21.1 Å². The molecule has 1 unspecified atom stereocenters. The number of rotatable bonds is 4. The summed E-state index contributed by atoms with van der Waals surface area (Å²) >= 11 is 0. The molecule has 0 aliphatic carbocycles. The number of hydrogen-bond donors (Lipinski definition) is 1. The predicted octanol–water partition coefficient (Wildman–Crippen LogP) is 4.22. The number of halogens is 3. The van der Waals surface area contributed by atoms with Crippen molar-refractivity contribution in [3.63, 3.8) is 0 Å². The third-order valence-corrected chi connectivity index (χ3v) is 3.43. The highest BCUT2D eigenvalue weighted by atomic mass is 31.0. The summed E-state index contributed by atoms with van der Waals surface area (Å²) in [6.45, 7) is 3.03. The van der Waals surface area contributed by atoms with Crippen LogP contribution in [0, 0.1) is 11.3 Å². The molecule has 1 aromatic heterocycles. The Hall–Kier alpha value is -2.51. The summed E-state index contributed by atoms with van der Waals surface area (Å²) in [5.41, 5.74) is -0.0592. The molecule has 118 valence electrons. The minimum absolute atomic E-state index is 0.0951. The molecule has 0 aliphatic heterocycles. The van der Waals surface area contributed by atoms with Gasteiger partial charge in [0.25, 0.3) is 0 Å². The molecule has 23 heavy (non-hydrogen) atoms. The van der Waals surface area contributed by atoms with Crippen LogP contribution in [-0.2, 0) is 0 Å². The minimum atomic E-state index is -4.54. The molecule has 0 fully saturated rings. The van der Waals surface area contributed by atoms with E-state index < -0.39 is 11.7 Å². The molecule has 1 N–H and O–H groups in total. The Labute approximate surface area is 133 Å². The molecule has 1 aromatic carbocycles.